The van der Waals surface area contributed by atoms with Crippen molar-refractivity contribution >= 4 is 16.9 Å². The summed E-state index contributed by atoms with van der Waals surface area (Å²) in [6.45, 7) is 7.70. The topological polar surface area (TPSA) is 76.5 Å². The number of piperidine rings is 1. The van der Waals surface area contributed by atoms with Crippen molar-refractivity contribution in [3.05, 3.63) is 45.3 Å². The number of rotatable bonds is 4. The van der Waals surface area contributed by atoms with Crippen LogP contribution in [0, 0.1) is 6.92 Å². The molecule has 0 saturated carbocycles. The van der Waals surface area contributed by atoms with Crippen LogP contribution in [0.25, 0.3) is 11.0 Å². The van der Waals surface area contributed by atoms with Gasteiger partial charge in [-0.15, -0.1) is 0 Å². The van der Waals surface area contributed by atoms with Crippen molar-refractivity contribution in [1.82, 2.24) is 4.90 Å². The van der Waals surface area contributed by atoms with Gasteiger partial charge < -0.3 is 10.2 Å². The lowest BCUT2D eigenvalue weighted by atomic mass is 9.94. The van der Waals surface area contributed by atoms with E-state index in [0.717, 1.165) is 42.3 Å². The van der Waals surface area contributed by atoms with Crippen molar-refractivity contribution in [3.63, 3.8) is 0 Å². The molecule has 25 heavy (non-hydrogen) atoms. The number of likely N-dealkylation sites (tertiary alicyclic amines) is 1. The third kappa shape index (κ3) is 3.61. The molecule has 1 amide bonds. The first kappa shape index (κ1) is 17.7. The highest BCUT2D eigenvalue weighted by Crippen LogP contribution is 2.28. The summed E-state index contributed by atoms with van der Waals surface area (Å²) < 4.78 is 5.42. The number of fused-ring (bicyclic) bond motifs is 1. The molecule has 1 unspecified atom stereocenters. The number of hydrogen-bond donors (Lipinski definition) is 1. The lowest BCUT2D eigenvalue weighted by molar-refractivity contribution is -0.124. The molecule has 1 aliphatic heterocycles. The zero-order valence-corrected chi connectivity index (χ0v) is 15.2. The largest absolute Gasteiger partial charge is 0.423 e. The van der Waals surface area contributed by atoms with Gasteiger partial charge in [0.1, 0.15) is 5.58 Å². The first-order valence-corrected chi connectivity index (χ1v) is 8.97. The van der Waals surface area contributed by atoms with E-state index >= 15 is 0 Å². The number of hydrogen-bond acceptors (Lipinski definition) is 4. The van der Waals surface area contributed by atoms with E-state index in [1.807, 2.05) is 13.0 Å². The molecule has 1 aliphatic rings. The molecule has 1 saturated heterocycles. The van der Waals surface area contributed by atoms with Crippen molar-refractivity contribution in [1.29, 1.82) is 0 Å². The molecule has 1 aromatic carbocycles. The highest BCUT2D eigenvalue weighted by Gasteiger charge is 2.27. The molecule has 2 aromatic rings. The predicted molar refractivity (Wildman–Crippen MR) is 98.6 cm³/mol. The van der Waals surface area contributed by atoms with Crippen LogP contribution in [0.5, 0.6) is 0 Å². The number of carbonyl (C=O) groups is 1. The van der Waals surface area contributed by atoms with E-state index in [1.165, 1.54) is 5.56 Å². The lowest BCUT2D eigenvalue weighted by Crippen LogP contribution is -2.47. The summed E-state index contributed by atoms with van der Waals surface area (Å²) in [5.74, 6) is 0.100. The van der Waals surface area contributed by atoms with Crippen LogP contribution in [0.15, 0.2) is 27.4 Å². The number of aryl methyl sites for hydroxylation is 1. The molecule has 5 nitrogen and oxygen atoms in total. The average Bonchev–Trinajstić information content (AvgIpc) is 2.54. The standard InChI is InChI=1S/C20H26N2O3/c1-12(2)15-10-16-14(9-19(23)25-18(16)8-13(15)3)11-22-7-5-4-6-17(22)20(21)24/h8-10,12,17H,4-7,11H2,1-3H3,(H2,21,24). The van der Waals surface area contributed by atoms with E-state index in [1.54, 1.807) is 6.07 Å². The molecule has 2 N–H and O–H groups in total. The Morgan fingerprint density at radius 2 is 2.08 bits per heavy atom. The van der Waals surface area contributed by atoms with Crippen molar-refractivity contribution in [2.75, 3.05) is 6.54 Å². The van der Waals surface area contributed by atoms with Gasteiger partial charge in [-0.25, -0.2) is 4.79 Å². The van der Waals surface area contributed by atoms with Crippen LogP contribution in [0.2, 0.25) is 0 Å². The molecular formula is C20H26N2O3. The molecule has 1 aromatic heterocycles. The first-order valence-electron chi connectivity index (χ1n) is 8.97. The van der Waals surface area contributed by atoms with Gasteiger partial charge in [0.05, 0.1) is 6.04 Å². The molecule has 1 atom stereocenters. The van der Waals surface area contributed by atoms with Crippen LogP contribution in [-0.2, 0) is 11.3 Å². The quantitative estimate of drug-likeness (QED) is 0.866. The molecule has 0 bridgehead atoms. The van der Waals surface area contributed by atoms with E-state index in [-0.39, 0.29) is 17.6 Å². The van der Waals surface area contributed by atoms with Crippen LogP contribution in [0.4, 0.5) is 0 Å². The van der Waals surface area contributed by atoms with Gasteiger partial charge in [0.15, 0.2) is 0 Å². The van der Waals surface area contributed by atoms with E-state index in [4.69, 9.17) is 10.2 Å². The zero-order valence-electron chi connectivity index (χ0n) is 15.2. The Morgan fingerprint density at radius 1 is 1.32 bits per heavy atom. The Hall–Kier alpha value is -2.14. The third-order valence-corrected chi connectivity index (χ3v) is 5.15. The van der Waals surface area contributed by atoms with Gasteiger partial charge in [0.25, 0.3) is 0 Å². The molecule has 0 radical (unpaired) electrons. The van der Waals surface area contributed by atoms with Crippen molar-refractivity contribution in [3.8, 4) is 0 Å². The van der Waals surface area contributed by atoms with E-state index in [9.17, 15) is 9.59 Å². The Balaban J connectivity index is 2.06. The molecule has 3 rings (SSSR count). The highest BCUT2D eigenvalue weighted by molar-refractivity contribution is 5.83. The van der Waals surface area contributed by atoms with Crippen molar-refractivity contribution in [2.45, 2.75) is 58.5 Å². The summed E-state index contributed by atoms with van der Waals surface area (Å²) in [6, 6.07) is 5.36. The van der Waals surface area contributed by atoms with Gasteiger partial charge in [-0.2, -0.15) is 0 Å². The minimum atomic E-state index is -0.355. The maximum atomic E-state index is 12.0. The number of carbonyl (C=O) groups excluding carboxylic acids is 1. The number of nitrogens with zero attached hydrogens (tertiary/aromatic N) is 1. The van der Waals surface area contributed by atoms with E-state index in [2.05, 4.69) is 24.8 Å². The Labute approximate surface area is 147 Å². The number of primary amides is 1. The van der Waals surface area contributed by atoms with E-state index in [0.29, 0.717) is 18.0 Å². The summed E-state index contributed by atoms with van der Waals surface area (Å²) in [5, 5.41) is 0.947. The Morgan fingerprint density at radius 3 is 2.76 bits per heavy atom. The second-order valence-corrected chi connectivity index (χ2v) is 7.33. The summed E-state index contributed by atoms with van der Waals surface area (Å²) in [4.78, 5) is 25.9. The number of nitrogens with two attached hydrogens (primary N) is 1. The third-order valence-electron chi connectivity index (χ3n) is 5.15. The van der Waals surface area contributed by atoms with Crippen LogP contribution in [0.1, 0.15) is 55.7 Å². The van der Waals surface area contributed by atoms with Crippen LogP contribution in [0.3, 0.4) is 0 Å². The maximum absolute atomic E-state index is 12.0. The lowest BCUT2D eigenvalue weighted by Gasteiger charge is -2.33. The minimum Gasteiger partial charge on any atom is -0.423 e. The first-order chi connectivity index (χ1) is 11.9. The van der Waals surface area contributed by atoms with Crippen LogP contribution < -0.4 is 11.4 Å². The SMILES string of the molecule is Cc1cc2oc(=O)cc(CN3CCCCC3C(N)=O)c2cc1C(C)C. The normalized spacial score (nSPS) is 18.8. The monoisotopic (exact) mass is 342 g/mol. The average molecular weight is 342 g/mol. The Kier molecular flexibility index (Phi) is 4.95. The van der Waals surface area contributed by atoms with Crippen LogP contribution in [-0.4, -0.2) is 23.4 Å². The highest BCUT2D eigenvalue weighted by atomic mass is 16.4. The fraction of sp³-hybridized carbons (Fsp3) is 0.500. The molecular weight excluding hydrogens is 316 g/mol. The summed E-state index contributed by atoms with van der Waals surface area (Å²) in [7, 11) is 0. The molecule has 0 aliphatic carbocycles. The fourth-order valence-electron chi connectivity index (χ4n) is 3.87. The maximum Gasteiger partial charge on any atom is 0.336 e. The van der Waals surface area contributed by atoms with E-state index < -0.39 is 0 Å². The zero-order chi connectivity index (χ0) is 18.1. The fourth-order valence-corrected chi connectivity index (χ4v) is 3.87. The van der Waals surface area contributed by atoms with Gasteiger partial charge in [0.2, 0.25) is 5.91 Å². The molecule has 134 valence electrons. The number of benzene rings is 1. The van der Waals surface area contributed by atoms with Gasteiger partial charge in [0, 0.05) is 18.0 Å². The number of amides is 1. The molecule has 1 fully saturated rings. The molecule has 0 spiro atoms. The summed E-state index contributed by atoms with van der Waals surface area (Å²) in [6.07, 6.45) is 2.84. The predicted octanol–water partition coefficient (Wildman–Crippen LogP) is 3.06. The second kappa shape index (κ2) is 7.00. The van der Waals surface area contributed by atoms with Gasteiger partial charge >= 0.3 is 5.63 Å². The summed E-state index contributed by atoms with van der Waals surface area (Å²) >= 11 is 0. The van der Waals surface area contributed by atoms with Crippen molar-refractivity contribution < 1.29 is 9.21 Å². The smallest absolute Gasteiger partial charge is 0.336 e. The second-order valence-electron chi connectivity index (χ2n) is 7.33. The van der Waals surface area contributed by atoms with Gasteiger partial charge in [-0.3, -0.25) is 9.69 Å². The minimum absolute atomic E-state index is 0.258. The van der Waals surface area contributed by atoms with Crippen LogP contribution >= 0.6 is 0 Å². The Bertz CT molecular complexity index is 854. The van der Waals surface area contributed by atoms with Gasteiger partial charge in [-0.1, -0.05) is 20.3 Å². The van der Waals surface area contributed by atoms with Crippen molar-refractivity contribution in [2.24, 2.45) is 5.73 Å². The molecule has 2 heterocycles. The van der Waals surface area contributed by atoms with Gasteiger partial charge in [-0.05, 0) is 61.1 Å². The summed E-state index contributed by atoms with van der Waals surface area (Å²) in [5.41, 5.74) is 9.10. The molecule has 5 heteroatoms.